The fraction of sp³-hybridized carbons (Fsp3) is 0.818. The molecular formula is C11H24N4O2. The predicted molar refractivity (Wildman–Crippen MR) is 66.8 cm³/mol. The number of primary amides is 1. The molecule has 100 valence electrons. The van der Waals surface area contributed by atoms with Crippen molar-refractivity contribution in [2.45, 2.75) is 45.2 Å². The fourth-order valence-corrected chi connectivity index (χ4v) is 1.47. The van der Waals surface area contributed by atoms with Gasteiger partial charge >= 0.3 is 0 Å². The number of nitrogens with two attached hydrogens (primary N) is 3. The number of hydrogen-bond acceptors (Lipinski definition) is 4. The van der Waals surface area contributed by atoms with Crippen LogP contribution < -0.4 is 22.5 Å². The lowest BCUT2D eigenvalue weighted by Crippen LogP contribution is -2.52. The van der Waals surface area contributed by atoms with E-state index in [1.807, 2.05) is 13.8 Å². The van der Waals surface area contributed by atoms with Crippen LogP contribution in [0.25, 0.3) is 0 Å². The van der Waals surface area contributed by atoms with Crippen LogP contribution in [0.3, 0.4) is 0 Å². The summed E-state index contributed by atoms with van der Waals surface area (Å²) in [5.41, 5.74) is 16.2. The highest BCUT2D eigenvalue weighted by atomic mass is 16.2. The molecule has 0 fully saturated rings. The zero-order valence-corrected chi connectivity index (χ0v) is 10.6. The third-order valence-corrected chi connectivity index (χ3v) is 2.58. The summed E-state index contributed by atoms with van der Waals surface area (Å²) in [5, 5.41) is 2.57. The van der Waals surface area contributed by atoms with Gasteiger partial charge in [-0.15, -0.1) is 0 Å². The molecule has 0 saturated carbocycles. The van der Waals surface area contributed by atoms with Crippen LogP contribution in [0.4, 0.5) is 0 Å². The second-order valence-electron chi connectivity index (χ2n) is 4.52. The summed E-state index contributed by atoms with van der Waals surface area (Å²) in [7, 11) is 0. The minimum absolute atomic E-state index is 0.0484. The standard InChI is InChI=1S/C11H24N4O2/c1-7(2)9(10(14)16)15-11(17)8(13)5-3-4-6-12/h7-9H,3-6,12-13H2,1-2H3,(H2,14,16)(H,15,17)/t8?,9-/m0/s1. The summed E-state index contributed by atoms with van der Waals surface area (Å²) in [4.78, 5) is 22.8. The van der Waals surface area contributed by atoms with E-state index in [2.05, 4.69) is 5.32 Å². The number of nitrogens with one attached hydrogen (secondary N) is 1. The van der Waals surface area contributed by atoms with E-state index in [4.69, 9.17) is 17.2 Å². The van der Waals surface area contributed by atoms with E-state index in [9.17, 15) is 9.59 Å². The monoisotopic (exact) mass is 244 g/mol. The van der Waals surface area contributed by atoms with Crippen molar-refractivity contribution in [1.82, 2.24) is 5.32 Å². The Hall–Kier alpha value is -1.14. The Labute approximate surface area is 102 Å². The van der Waals surface area contributed by atoms with Gasteiger partial charge in [-0.25, -0.2) is 0 Å². The Morgan fingerprint density at radius 3 is 2.24 bits per heavy atom. The van der Waals surface area contributed by atoms with Crippen molar-refractivity contribution in [3.05, 3.63) is 0 Å². The number of rotatable bonds is 8. The molecule has 0 spiro atoms. The number of amides is 2. The van der Waals surface area contributed by atoms with E-state index in [1.54, 1.807) is 0 Å². The zero-order chi connectivity index (χ0) is 13.4. The second kappa shape index (κ2) is 8.03. The molecule has 17 heavy (non-hydrogen) atoms. The van der Waals surface area contributed by atoms with E-state index in [0.717, 1.165) is 12.8 Å². The average Bonchev–Trinajstić information content (AvgIpc) is 2.24. The van der Waals surface area contributed by atoms with E-state index in [-0.39, 0.29) is 11.8 Å². The van der Waals surface area contributed by atoms with Gasteiger partial charge < -0.3 is 22.5 Å². The van der Waals surface area contributed by atoms with Crippen LogP contribution in [-0.2, 0) is 9.59 Å². The normalized spacial score (nSPS) is 14.4. The highest BCUT2D eigenvalue weighted by molar-refractivity contribution is 5.89. The van der Waals surface area contributed by atoms with E-state index >= 15 is 0 Å². The Balaban J connectivity index is 4.16. The van der Waals surface area contributed by atoms with Crippen LogP contribution in [0, 0.1) is 5.92 Å². The molecule has 2 atom stereocenters. The second-order valence-corrected chi connectivity index (χ2v) is 4.52. The molecular weight excluding hydrogens is 220 g/mol. The average molecular weight is 244 g/mol. The summed E-state index contributed by atoms with van der Waals surface area (Å²) < 4.78 is 0. The van der Waals surface area contributed by atoms with Gasteiger partial charge in [0.1, 0.15) is 6.04 Å². The Morgan fingerprint density at radius 2 is 1.82 bits per heavy atom. The minimum Gasteiger partial charge on any atom is -0.368 e. The molecule has 0 saturated heterocycles. The van der Waals surface area contributed by atoms with Gasteiger partial charge in [0.15, 0.2) is 0 Å². The topological polar surface area (TPSA) is 124 Å². The number of unbranched alkanes of at least 4 members (excludes halogenated alkanes) is 1. The van der Waals surface area contributed by atoms with Crippen molar-refractivity contribution in [3.63, 3.8) is 0 Å². The third-order valence-electron chi connectivity index (χ3n) is 2.58. The van der Waals surface area contributed by atoms with Crippen molar-refractivity contribution < 1.29 is 9.59 Å². The lowest BCUT2D eigenvalue weighted by atomic mass is 10.0. The first kappa shape index (κ1) is 15.9. The largest absolute Gasteiger partial charge is 0.368 e. The molecule has 0 rings (SSSR count). The van der Waals surface area contributed by atoms with Crippen LogP contribution >= 0.6 is 0 Å². The van der Waals surface area contributed by atoms with Gasteiger partial charge in [0.25, 0.3) is 0 Å². The summed E-state index contributed by atoms with van der Waals surface area (Å²) >= 11 is 0. The fourth-order valence-electron chi connectivity index (χ4n) is 1.47. The molecule has 0 aliphatic heterocycles. The van der Waals surface area contributed by atoms with Crippen molar-refractivity contribution in [2.75, 3.05) is 6.54 Å². The molecule has 2 amide bonds. The quantitative estimate of drug-likeness (QED) is 0.412. The summed E-state index contributed by atoms with van der Waals surface area (Å²) in [6.45, 7) is 4.22. The van der Waals surface area contributed by atoms with Gasteiger partial charge in [-0.3, -0.25) is 9.59 Å². The van der Waals surface area contributed by atoms with Crippen molar-refractivity contribution in [3.8, 4) is 0 Å². The lowest BCUT2D eigenvalue weighted by Gasteiger charge is -2.21. The number of hydrogen-bond donors (Lipinski definition) is 4. The summed E-state index contributed by atoms with van der Waals surface area (Å²) in [6, 6.07) is -1.27. The summed E-state index contributed by atoms with van der Waals surface area (Å²) in [6.07, 6.45) is 2.20. The van der Waals surface area contributed by atoms with Gasteiger partial charge in [0.2, 0.25) is 11.8 Å². The molecule has 0 aromatic carbocycles. The highest BCUT2D eigenvalue weighted by Crippen LogP contribution is 2.03. The molecule has 0 aliphatic rings. The molecule has 0 bridgehead atoms. The summed E-state index contributed by atoms with van der Waals surface area (Å²) in [5.74, 6) is -0.922. The maximum absolute atomic E-state index is 11.7. The van der Waals surface area contributed by atoms with E-state index in [0.29, 0.717) is 13.0 Å². The molecule has 0 aliphatic carbocycles. The molecule has 6 heteroatoms. The SMILES string of the molecule is CC(C)[C@H](NC(=O)C(N)CCCCN)C(N)=O. The number of carbonyl (C=O) groups is 2. The number of carbonyl (C=O) groups excluding carboxylic acids is 2. The molecule has 6 nitrogen and oxygen atoms in total. The van der Waals surface area contributed by atoms with Crippen LogP contribution in [-0.4, -0.2) is 30.4 Å². The highest BCUT2D eigenvalue weighted by Gasteiger charge is 2.24. The van der Waals surface area contributed by atoms with E-state index in [1.165, 1.54) is 0 Å². The van der Waals surface area contributed by atoms with Crippen LogP contribution in [0.15, 0.2) is 0 Å². The molecule has 0 aromatic rings. The maximum atomic E-state index is 11.7. The van der Waals surface area contributed by atoms with Gasteiger partial charge in [-0.05, 0) is 25.3 Å². The van der Waals surface area contributed by atoms with Crippen molar-refractivity contribution in [1.29, 1.82) is 0 Å². The maximum Gasteiger partial charge on any atom is 0.240 e. The van der Waals surface area contributed by atoms with Crippen LogP contribution in [0.2, 0.25) is 0 Å². The smallest absolute Gasteiger partial charge is 0.240 e. The van der Waals surface area contributed by atoms with E-state index < -0.39 is 18.0 Å². The third kappa shape index (κ3) is 6.23. The van der Waals surface area contributed by atoms with Crippen molar-refractivity contribution in [2.24, 2.45) is 23.1 Å². The Kier molecular flexibility index (Phi) is 7.49. The Bertz CT molecular complexity index is 256. The van der Waals surface area contributed by atoms with Gasteiger partial charge in [0, 0.05) is 0 Å². The Morgan fingerprint density at radius 1 is 1.24 bits per heavy atom. The van der Waals surface area contributed by atoms with Crippen LogP contribution in [0.5, 0.6) is 0 Å². The zero-order valence-electron chi connectivity index (χ0n) is 10.6. The first-order valence-electron chi connectivity index (χ1n) is 5.95. The van der Waals surface area contributed by atoms with Gasteiger partial charge in [0.05, 0.1) is 6.04 Å². The first-order chi connectivity index (χ1) is 7.90. The molecule has 7 N–H and O–H groups in total. The van der Waals surface area contributed by atoms with Gasteiger partial charge in [-0.1, -0.05) is 20.3 Å². The van der Waals surface area contributed by atoms with Crippen LogP contribution in [0.1, 0.15) is 33.1 Å². The van der Waals surface area contributed by atoms with Gasteiger partial charge in [-0.2, -0.15) is 0 Å². The van der Waals surface area contributed by atoms with Crippen molar-refractivity contribution >= 4 is 11.8 Å². The molecule has 0 radical (unpaired) electrons. The first-order valence-corrected chi connectivity index (χ1v) is 5.95. The minimum atomic E-state index is -0.664. The molecule has 0 heterocycles. The lowest BCUT2D eigenvalue weighted by molar-refractivity contribution is -0.129. The molecule has 0 aromatic heterocycles. The molecule has 1 unspecified atom stereocenters. The predicted octanol–water partition coefficient (Wildman–Crippen LogP) is -0.931.